The van der Waals surface area contributed by atoms with E-state index in [1.807, 2.05) is 0 Å². The SMILES string of the molecule is Cc1cc(C)c(C(O)COC2CCC(C)(C)CC2)c(C)c1. The zero-order chi connectivity index (χ0) is 15.6. The molecule has 0 amide bonds. The Morgan fingerprint density at radius 2 is 1.67 bits per heavy atom. The van der Waals surface area contributed by atoms with E-state index in [1.54, 1.807) is 0 Å². The smallest absolute Gasteiger partial charge is 0.103 e. The Balaban J connectivity index is 1.92. The average Bonchev–Trinajstić information content (AvgIpc) is 2.36. The molecule has 1 aromatic carbocycles. The van der Waals surface area contributed by atoms with E-state index >= 15 is 0 Å². The van der Waals surface area contributed by atoms with Crippen LogP contribution >= 0.6 is 0 Å². The first-order valence-electron chi connectivity index (χ1n) is 8.16. The van der Waals surface area contributed by atoms with E-state index in [2.05, 4.69) is 46.8 Å². The minimum Gasteiger partial charge on any atom is -0.386 e. The number of benzene rings is 1. The Kier molecular flexibility index (Phi) is 5.11. The van der Waals surface area contributed by atoms with Crippen LogP contribution in [0.2, 0.25) is 0 Å². The van der Waals surface area contributed by atoms with Crippen LogP contribution in [0.15, 0.2) is 12.1 Å². The number of hydrogen-bond acceptors (Lipinski definition) is 2. The molecule has 1 N–H and O–H groups in total. The molecule has 1 saturated carbocycles. The lowest BCUT2D eigenvalue weighted by Crippen LogP contribution is -2.27. The van der Waals surface area contributed by atoms with Crippen LogP contribution in [0.5, 0.6) is 0 Å². The lowest BCUT2D eigenvalue weighted by atomic mass is 9.76. The molecular weight excluding hydrogens is 260 g/mol. The number of ether oxygens (including phenoxy) is 1. The molecule has 1 aromatic rings. The quantitative estimate of drug-likeness (QED) is 0.876. The zero-order valence-electron chi connectivity index (χ0n) is 14.2. The molecule has 0 heterocycles. The van der Waals surface area contributed by atoms with Gasteiger partial charge in [0.2, 0.25) is 0 Å². The fraction of sp³-hybridized carbons (Fsp3) is 0.684. The molecule has 0 spiro atoms. The third kappa shape index (κ3) is 4.31. The van der Waals surface area contributed by atoms with Gasteiger partial charge in [-0.05, 0) is 68.6 Å². The molecule has 1 aliphatic carbocycles. The van der Waals surface area contributed by atoms with Crippen molar-refractivity contribution in [2.45, 2.75) is 72.5 Å². The first kappa shape index (κ1) is 16.5. The molecule has 2 nitrogen and oxygen atoms in total. The Morgan fingerprint density at radius 3 is 2.19 bits per heavy atom. The second kappa shape index (κ2) is 6.50. The van der Waals surface area contributed by atoms with Gasteiger partial charge >= 0.3 is 0 Å². The summed E-state index contributed by atoms with van der Waals surface area (Å²) in [6, 6.07) is 4.27. The maximum atomic E-state index is 10.5. The Morgan fingerprint density at radius 1 is 1.14 bits per heavy atom. The highest BCUT2D eigenvalue weighted by molar-refractivity contribution is 5.38. The largest absolute Gasteiger partial charge is 0.386 e. The number of rotatable bonds is 4. The van der Waals surface area contributed by atoms with Crippen LogP contribution in [0, 0.1) is 26.2 Å². The standard InChI is InChI=1S/C19H30O2/c1-13-10-14(2)18(15(3)11-13)17(20)12-21-16-6-8-19(4,5)9-7-16/h10-11,16-17,20H,6-9,12H2,1-5H3. The summed E-state index contributed by atoms with van der Waals surface area (Å²) in [5.74, 6) is 0. The van der Waals surface area contributed by atoms with Crippen LogP contribution < -0.4 is 0 Å². The summed E-state index contributed by atoms with van der Waals surface area (Å²) in [5, 5.41) is 10.5. The lowest BCUT2D eigenvalue weighted by molar-refractivity contribution is -0.0383. The summed E-state index contributed by atoms with van der Waals surface area (Å²) < 4.78 is 5.98. The van der Waals surface area contributed by atoms with Crippen molar-refractivity contribution in [2.75, 3.05) is 6.61 Å². The van der Waals surface area contributed by atoms with Gasteiger partial charge in [-0.3, -0.25) is 0 Å². The second-order valence-electron chi connectivity index (χ2n) is 7.53. The summed E-state index contributed by atoms with van der Waals surface area (Å²) in [4.78, 5) is 0. The minimum absolute atomic E-state index is 0.318. The molecule has 0 bridgehead atoms. The van der Waals surface area contributed by atoms with Crippen molar-refractivity contribution in [2.24, 2.45) is 5.41 Å². The lowest BCUT2D eigenvalue weighted by Gasteiger charge is -2.34. The van der Waals surface area contributed by atoms with Crippen molar-refractivity contribution in [1.82, 2.24) is 0 Å². The van der Waals surface area contributed by atoms with Crippen molar-refractivity contribution in [3.05, 3.63) is 34.4 Å². The van der Waals surface area contributed by atoms with Crippen LogP contribution in [0.25, 0.3) is 0 Å². The number of aryl methyl sites for hydroxylation is 3. The van der Waals surface area contributed by atoms with Crippen molar-refractivity contribution in [3.63, 3.8) is 0 Å². The predicted molar refractivity (Wildman–Crippen MR) is 87.6 cm³/mol. The first-order valence-corrected chi connectivity index (χ1v) is 8.16. The monoisotopic (exact) mass is 290 g/mol. The predicted octanol–water partition coefficient (Wildman–Crippen LogP) is 4.63. The van der Waals surface area contributed by atoms with E-state index in [4.69, 9.17) is 4.74 Å². The molecule has 2 heteroatoms. The topological polar surface area (TPSA) is 29.5 Å². The fourth-order valence-corrected chi connectivity index (χ4v) is 3.57. The molecule has 118 valence electrons. The molecule has 0 aliphatic heterocycles. The molecular formula is C19H30O2. The first-order chi connectivity index (χ1) is 9.78. The number of hydrogen-bond donors (Lipinski definition) is 1. The zero-order valence-corrected chi connectivity index (χ0v) is 14.2. The summed E-state index contributed by atoms with van der Waals surface area (Å²) >= 11 is 0. The van der Waals surface area contributed by atoms with E-state index in [0.29, 0.717) is 18.1 Å². The molecule has 0 saturated heterocycles. The van der Waals surface area contributed by atoms with Crippen molar-refractivity contribution in [1.29, 1.82) is 0 Å². The van der Waals surface area contributed by atoms with Gasteiger partial charge in [0, 0.05) is 0 Å². The van der Waals surface area contributed by atoms with Crippen molar-refractivity contribution >= 4 is 0 Å². The average molecular weight is 290 g/mol. The van der Waals surface area contributed by atoms with Gasteiger partial charge in [0.25, 0.3) is 0 Å². The van der Waals surface area contributed by atoms with Crippen LogP contribution in [-0.4, -0.2) is 17.8 Å². The maximum Gasteiger partial charge on any atom is 0.103 e. The fourth-order valence-electron chi connectivity index (χ4n) is 3.57. The van der Waals surface area contributed by atoms with Crippen LogP contribution in [-0.2, 0) is 4.74 Å². The number of aliphatic hydroxyl groups excluding tert-OH is 1. The number of aliphatic hydroxyl groups is 1. The molecule has 0 radical (unpaired) electrons. The van der Waals surface area contributed by atoms with Gasteiger partial charge in [0.15, 0.2) is 0 Å². The third-order valence-electron chi connectivity index (χ3n) is 4.85. The summed E-state index contributed by atoms with van der Waals surface area (Å²) in [7, 11) is 0. The Bertz CT molecular complexity index is 457. The molecule has 1 aliphatic rings. The minimum atomic E-state index is -0.513. The van der Waals surface area contributed by atoms with Crippen molar-refractivity contribution < 1.29 is 9.84 Å². The van der Waals surface area contributed by atoms with E-state index in [-0.39, 0.29) is 0 Å². The van der Waals surface area contributed by atoms with Crippen LogP contribution in [0.4, 0.5) is 0 Å². The second-order valence-corrected chi connectivity index (χ2v) is 7.53. The molecule has 2 rings (SSSR count). The van der Waals surface area contributed by atoms with E-state index < -0.39 is 6.10 Å². The van der Waals surface area contributed by atoms with Gasteiger partial charge in [-0.1, -0.05) is 31.5 Å². The molecule has 0 aromatic heterocycles. The van der Waals surface area contributed by atoms with Gasteiger partial charge in [-0.2, -0.15) is 0 Å². The van der Waals surface area contributed by atoms with Crippen LogP contribution in [0.1, 0.15) is 67.9 Å². The highest BCUT2D eigenvalue weighted by atomic mass is 16.5. The van der Waals surface area contributed by atoms with Gasteiger partial charge in [0.05, 0.1) is 12.7 Å². The highest BCUT2D eigenvalue weighted by Gasteiger charge is 2.27. The van der Waals surface area contributed by atoms with E-state index in [1.165, 1.54) is 18.4 Å². The van der Waals surface area contributed by atoms with Gasteiger partial charge in [-0.15, -0.1) is 0 Å². The third-order valence-corrected chi connectivity index (χ3v) is 4.85. The van der Waals surface area contributed by atoms with Gasteiger partial charge in [-0.25, -0.2) is 0 Å². The van der Waals surface area contributed by atoms with Gasteiger partial charge in [0.1, 0.15) is 6.10 Å². The molecule has 1 fully saturated rings. The van der Waals surface area contributed by atoms with E-state index in [0.717, 1.165) is 29.5 Å². The molecule has 1 unspecified atom stereocenters. The summed E-state index contributed by atoms with van der Waals surface area (Å²) in [6.07, 6.45) is 4.48. The molecule has 1 atom stereocenters. The van der Waals surface area contributed by atoms with Crippen LogP contribution in [0.3, 0.4) is 0 Å². The summed E-state index contributed by atoms with van der Waals surface area (Å²) in [6.45, 7) is 11.3. The Labute approximate surface area is 129 Å². The molecule has 21 heavy (non-hydrogen) atoms. The normalized spacial score (nSPS) is 20.5. The maximum absolute atomic E-state index is 10.5. The van der Waals surface area contributed by atoms with Crippen molar-refractivity contribution in [3.8, 4) is 0 Å². The Hall–Kier alpha value is -0.860. The highest BCUT2D eigenvalue weighted by Crippen LogP contribution is 2.36. The van der Waals surface area contributed by atoms with Gasteiger partial charge < -0.3 is 9.84 Å². The summed E-state index contributed by atoms with van der Waals surface area (Å²) in [5.41, 5.74) is 5.07. The van der Waals surface area contributed by atoms with E-state index in [9.17, 15) is 5.11 Å².